The van der Waals surface area contributed by atoms with Crippen molar-refractivity contribution in [3.63, 3.8) is 0 Å². The fourth-order valence-electron chi connectivity index (χ4n) is 1.89. The molecule has 0 heterocycles. The number of hydrogen-bond acceptors (Lipinski definition) is 0. The Morgan fingerprint density at radius 2 is 1.25 bits per heavy atom. The van der Waals surface area contributed by atoms with Gasteiger partial charge in [0.2, 0.25) is 0 Å². The van der Waals surface area contributed by atoms with E-state index in [0.29, 0.717) is 5.92 Å². The molecule has 0 aliphatic heterocycles. The molecule has 0 fully saturated rings. The Kier molecular flexibility index (Phi) is 9.45. The molecule has 0 heteroatoms. The molecule has 110 valence electrons. The molecule has 0 nitrogen and oxygen atoms in total. The lowest BCUT2D eigenvalue weighted by molar-refractivity contribution is 0.867. The highest BCUT2D eigenvalue weighted by molar-refractivity contribution is 5.64. The van der Waals surface area contributed by atoms with Crippen molar-refractivity contribution < 1.29 is 0 Å². The van der Waals surface area contributed by atoms with Crippen LogP contribution in [0, 0.1) is 6.92 Å². The lowest BCUT2D eigenvalue weighted by atomic mass is 9.98. The Morgan fingerprint density at radius 1 is 0.700 bits per heavy atom. The fourth-order valence-corrected chi connectivity index (χ4v) is 1.89. The van der Waals surface area contributed by atoms with Gasteiger partial charge in [-0.25, -0.2) is 0 Å². The molecule has 0 bridgehead atoms. The van der Waals surface area contributed by atoms with Gasteiger partial charge in [0.1, 0.15) is 0 Å². The molecule has 0 spiro atoms. The van der Waals surface area contributed by atoms with Gasteiger partial charge in [-0.3, -0.25) is 0 Å². The second kappa shape index (κ2) is 10.3. The van der Waals surface area contributed by atoms with E-state index in [1.54, 1.807) is 0 Å². The molecular weight excluding hydrogens is 240 g/mol. The highest BCUT2D eigenvalue weighted by Crippen LogP contribution is 2.23. The van der Waals surface area contributed by atoms with E-state index < -0.39 is 0 Å². The molecule has 0 saturated heterocycles. The lowest BCUT2D eigenvalue weighted by Crippen LogP contribution is -1.86. The zero-order valence-electron chi connectivity index (χ0n) is 14.2. The van der Waals surface area contributed by atoms with Crippen LogP contribution < -0.4 is 0 Å². The number of hydrogen-bond donors (Lipinski definition) is 0. The van der Waals surface area contributed by atoms with Crippen LogP contribution in [0.15, 0.2) is 48.5 Å². The molecule has 2 aromatic rings. The number of aryl methyl sites for hydroxylation is 1. The van der Waals surface area contributed by atoms with E-state index in [1.165, 1.54) is 22.3 Å². The molecule has 0 N–H and O–H groups in total. The van der Waals surface area contributed by atoms with Gasteiger partial charge in [-0.2, -0.15) is 0 Å². The molecule has 0 aliphatic rings. The van der Waals surface area contributed by atoms with Gasteiger partial charge in [-0.15, -0.1) is 0 Å². The highest BCUT2D eigenvalue weighted by atomic mass is 14.1. The quantitative estimate of drug-likeness (QED) is 0.560. The van der Waals surface area contributed by atoms with Gasteiger partial charge >= 0.3 is 0 Å². The lowest BCUT2D eigenvalue weighted by Gasteiger charge is -2.07. The molecule has 0 unspecified atom stereocenters. The van der Waals surface area contributed by atoms with Crippen LogP contribution in [0.25, 0.3) is 11.1 Å². The molecule has 0 aromatic heterocycles. The molecule has 0 amide bonds. The van der Waals surface area contributed by atoms with E-state index in [4.69, 9.17) is 0 Å². The third-order valence-electron chi connectivity index (χ3n) is 2.93. The predicted octanol–water partition coefficient (Wildman–Crippen LogP) is 6.84. The van der Waals surface area contributed by atoms with Crippen LogP contribution in [0.4, 0.5) is 0 Å². The zero-order chi connectivity index (χ0) is 15.5. The largest absolute Gasteiger partial charge is 0.0683 e. The first kappa shape index (κ1) is 18.4. The third-order valence-corrected chi connectivity index (χ3v) is 2.93. The normalized spacial score (nSPS) is 9.20. The van der Waals surface area contributed by atoms with Gasteiger partial charge in [-0.1, -0.05) is 95.6 Å². The first-order valence-electron chi connectivity index (χ1n) is 7.84. The Hall–Kier alpha value is -1.56. The van der Waals surface area contributed by atoms with Crippen LogP contribution in [0.5, 0.6) is 0 Å². The van der Waals surface area contributed by atoms with Crippen molar-refractivity contribution in [2.45, 2.75) is 54.4 Å². The molecule has 0 saturated carbocycles. The smallest absolute Gasteiger partial charge is 0.0181 e. The van der Waals surface area contributed by atoms with Gasteiger partial charge in [0.15, 0.2) is 0 Å². The molecule has 20 heavy (non-hydrogen) atoms. The first-order valence-corrected chi connectivity index (χ1v) is 7.84. The maximum Gasteiger partial charge on any atom is -0.0181 e. The topological polar surface area (TPSA) is 0 Å². The predicted molar refractivity (Wildman–Crippen MR) is 93.4 cm³/mol. The van der Waals surface area contributed by atoms with E-state index in [9.17, 15) is 0 Å². The minimum atomic E-state index is 0.603. The van der Waals surface area contributed by atoms with Gasteiger partial charge in [0.05, 0.1) is 0 Å². The minimum absolute atomic E-state index is 0.603. The van der Waals surface area contributed by atoms with Crippen molar-refractivity contribution in [1.29, 1.82) is 0 Å². The number of benzene rings is 2. The van der Waals surface area contributed by atoms with Crippen molar-refractivity contribution in [3.8, 4) is 11.1 Å². The number of rotatable bonds is 2. The van der Waals surface area contributed by atoms with Crippen LogP contribution in [-0.2, 0) is 0 Å². The van der Waals surface area contributed by atoms with Crippen molar-refractivity contribution in [3.05, 3.63) is 59.7 Å². The van der Waals surface area contributed by atoms with E-state index in [1.807, 2.05) is 27.7 Å². The highest BCUT2D eigenvalue weighted by Gasteiger charge is 2.00. The molecule has 0 radical (unpaired) electrons. The van der Waals surface area contributed by atoms with Crippen LogP contribution >= 0.6 is 0 Å². The van der Waals surface area contributed by atoms with Crippen LogP contribution in [0.1, 0.15) is 58.6 Å². The zero-order valence-corrected chi connectivity index (χ0v) is 14.2. The fraction of sp³-hybridized carbons (Fsp3) is 0.400. The Bertz CT molecular complexity index is 464. The van der Waals surface area contributed by atoms with E-state index in [-0.39, 0.29) is 0 Å². The summed E-state index contributed by atoms with van der Waals surface area (Å²) >= 11 is 0. The van der Waals surface area contributed by atoms with Crippen LogP contribution in [0.3, 0.4) is 0 Å². The molecule has 0 atom stereocenters. The monoisotopic (exact) mass is 270 g/mol. The second-order valence-corrected chi connectivity index (χ2v) is 4.65. The third kappa shape index (κ3) is 5.61. The maximum atomic E-state index is 2.23. The first-order chi connectivity index (χ1) is 9.66. The molecular formula is C20H30. The summed E-state index contributed by atoms with van der Waals surface area (Å²) in [6, 6.07) is 17.5. The summed E-state index contributed by atoms with van der Waals surface area (Å²) in [5.41, 5.74) is 5.31. The summed E-state index contributed by atoms with van der Waals surface area (Å²) in [4.78, 5) is 0. The second-order valence-electron chi connectivity index (χ2n) is 4.65. The van der Waals surface area contributed by atoms with Gasteiger partial charge in [0.25, 0.3) is 0 Å². The van der Waals surface area contributed by atoms with Crippen LogP contribution in [-0.4, -0.2) is 0 Å². The van der Waals surface area contributed by atoms with Gasteiger partial charge in [-0.05, 0) is 29.5 Å². The maximum absolute atomic E-state index is 2.23. The van der Waals surface area contributed by atoms with Crippen molar-refractivity contribution in [2.24, 2.45) is 0 Å². The average Bonchev–Trinajstić information content (AvgIpc) is 2.51. The summed E-state index contributed by atoms with van der Waals surface area (Å²) in [5, 5.41) is 0. The standard InChI is InChI=1S/C16H18.2C2H6/c1-12(2)14-7-9-15(10-8-14)16-6-4-5-13(3)11-16;2*1-2/h4-12H,1-3H3;2*1-2H3. The Balaban J connectivity index is 0.000000829. The molecule has 0 aliphatic carbocycles. The summed E-state index contributed by atoms with van der Waals surface area (Å²) < 4.78 is 0. The molecule has 2 rings (SSSR count). The summed E-state index contributed by atoms with van der Waals surface area (Å²) in [5.74, 6) is 0.603. The van der Waals surface area contributed by atoms with Gasteiger partial charge < -0.3 is 0 Å². The van der Waals surface area contributed by atoms with E-state index >= 15 is 0 Å². The van der Waals surface area contributed by atoms with Crippen molar-refractivity contribution >= 4 is 0 Å². The summed E-state index contributed by atoms with van der Waals surface area (Å²) in [7, 11) is 0. The van der Waals surface area contributed by atoms with Crippen molar-refractivity contribution in [1.82, 2.24) is 0 Å². The van der Waals surface area contributed by atoms with E-state index in [0.717, 1.165) is 0 Å². The van der Waals surface area contributed by atoms with Crippen LogP contribution in [0.2, 0.25) is 0 Å². The van der Waals surface area contributed by atoms with Gasteiger partial charge in [0, 0.05) is 0 Å². The Morgan fingerprint density at radius 3 is 1.70 bits per heavy atom. The van der Waals surface area contributed by atoms with Crippen molar-refractivity contribution in [2.75, 3.05) is 0 Å². The SMILES string of the molecule is CC.CC.Cc1cccc(-c2ccc(C(C)C)cc2)c1. The Labute approximate surface area is 125 Å². The molecule has 2 aromatic carbocycles. The summed E-state index contributed by atoms with van der Waals surface area (Å²) in [6.45, 7) is 14.6. The van der Waals surface area contributed by atoms with E-state index in [2.05, 4.69) is 69.3 Å². The summed E-state index contributed by atoms with van der Waals surface area (Å²) in [6.07, 6.45) is 0. The minimum Gasteiger partial charge on any atom is -0.0683 e. The average molecular weight is 270 g/mol.